The van der Waals surface area contributed by atoms with Crippen LogP contribution in [0.1, 0.15) is 38.4 Å². The molecule has 0 atom stereocenters. The van der Waals surface area contributed by atoms with Gasteiger partial charge in [-0.2, -0.15) is 0 Å². The van der Waals surface area contributed by atoms with E-state index < -0.39 is 0 Å². The summed E-state index contributed by atoms with van der Waals surface area (Å²) in [7, 11) is 1.79. The lowest BCUT2D eigenvalue weighted by molar-refractivity contribution is 0.0168. The zero-order chi connectivity index (χ0) is 11.5. The summed E-state index contributed by atoms with van der Waals surface area (Å²) in [6.45, 7) is 5.25. The molecule has 16 heavy (non-hydrogen) atoms. The number of imidazole rings is 1. The van der Waals surface area contributed by atoms with E-state index >= 15 is 0 Å². The van der Waals surface area contributed by atoms with Gasteiger partial charge in [0.1, 0.15) is 0 Å². The molecular formula is C12H21N3O. The van der Waals surface area contributed by atoms with Gasteiger partial charge in [-0.3, -0.25) is 0 Å². The Morgan fingerprint density at radius 3 is 2.94 bits per heavy atom. The smallest absolute Gasteiger partial charge is 0.0951 e. The molecule has 1 fully saturated rings. The van der Waals surface area contributed by atoms with Crippen molar-refractivity contribution in [3.63, 3.8) is 0 Å². The molecule has 0 bridgehead atoms. The van der Waals surface area contributed by atoms with Crippen LogP contribution >= 0.6 is 0 Å². The number of hydrogen-bond donors (Lipinski definition) is 1. The van der Waals surface area contributed by atoms with Crippen LogP contribution in [0.2, 0.25) is 0 Å². The average Bonchev–Trinajstić information content (AvgIpc) is 2.64. The molecule has 2 rings (SSSR count). The van der Waals surface area contributed by atoms with Gasteiger partial charge in [0.05, 0.1) is 18.1 Å². The summed E-state index contributed by atoms with van der Waals surface area (Å²) >= 11 is 0. The normalized spacial score (nSPS) is 24.8. The van der Waals surface area contributed by atoms with Gasteiger partial charge in [0.25, 0.3) is 0 Å². The van der Waals surface area contributed by atoms with E-state index in [0.29, 0.717) is 18.2 Å². The highest BCUT2D eigenvalue weighted by molar-refractivity contribution is 5.00. The van der Waals surface area contributed by atoms with E-state index in [1.807, 2.05) is 12.5 Å². The predicted molar refractivity (Wildman–Crippen MR) is 63.3 cm³/mol. The number of ether oxygens (including phenoxy) is 1. The first-order chi connectivity index (χ1) is 7.70. The molecule has 1 aromatic rings. The average molecular weight is 223 g/mol. The molecule has 0 radical (unpaired) electrons. The Morgan fingerprint density at radius 2 is 2.31 bits per heavy atom. The van der Waals surface area contributed by atoms with Gasteiger partial charge < -0.3 is 14.6 Å². The monoisotopic (exact) mass is 223 g/mol. The Hall–Kier alpha value is -0.870. The summed E-state index contributed by atoms with van der Waals surface area (Å²) in [5.74, 6) is 0. The number of methoxy groups -OCH3 is 1. The third kappa shape index (κ3) is 2.44. The van der Waals surface area contributed by atoms with Gasteiger partial charge in [0.2, 0.25) is 0 Å². The summed E-state index contributed by atoms with van der Waals surface area (Å²) in [6, 6.07) is 1.09. The molecular weight excluding hydrogens is 202 g/mol. The van der Waals surface area contributed by atoms with Crippen molar-refractivity contribution in [2.45, 2.75) is 51.4 Å². The number of nitrogens with one attached hydrogen (secondary N) is 1. The van der Waals surface area contributed by atoms with Crippen LogP contribution in [0.25, 0.3) is 0 Å². The summed E-state index contributed by atoms with van der Waals surface area (Å²) < 4.78 is 7.47. The highest BCUT2D eigenvalue weighted by atomic mass is 16.5. The van der Waals surface area contributed by atoms with Gasteiger partial charge in [0, 0.05) is 31.9 Å². The van der Waals surface area contributed by atoms with Gasteiger partial charge in [-0.15, -0.1) is 0 Å². The quantitative estimate of drug-likeness (QED) is 0.826. The fraction of sp³-hybridized carbons (Fsp3) is 0.750. The van der Waals surface area contributed by atoms with Gasteiger partial charge in [-0.05, 0) is 26.7 Å². The first kappa shape index (κ1) is 11.6. The Bertz CT molecular complexity index is 329. The molecule has 90 valence electrons. The van der Waals surface area contributed by atoms with E-state index in [1.165, 1.54) is 5.69 Å². The largest absolute Gasteiger partial charge is 0.381 e. The van der Waals surface area contributed by atoms with Gasteiger partial charge in [-0.1, -0.05) is 0 Å². The lowest BCUT2D eigenvalue weighted by Gasteiger charge is -2.34. The van der Waals surface area contributed by atoms with E-state index in [-0.39, 0.29) is 0 Å². The molecule has 1 saturated carbocycles. The van der Waals surface area contributed by atoms with E-state index in [2.05, 4.69) is 28.7 Å². The topological polar surface area (TPSA) is 39.1 Å². The second-order valence-electron chi connectivity index (χ2n) is 4.79. The molecule has 1 aliphatic carbocycles. The van der Waals surface area contributed by atoms with Gasteiger partial charge in [-0.25, -0.2) is 4.98 Å². The molecule has 0 aliphatic heterocycles. The predicted octanol–water partition coefficient (Wildman–Crippen LogP) is 1.73. The fourth-order valence-corrected chi connectivity index (χ4v) is 2.11. The summed E-state index contributed by atoms with van der Waals surface area (Å²) in [4.78, 5) is 4.19. The van der Waals surface area contributed by atoms with Crippen molar-refractivity contribution in [2.75, 3.05) is 7.11 Å². The molecule has 1 heterocycles. The number of hydrogen-bond acceptors (Lipinski definition) is 3. The van der Waals surface area contributed by atoms with Crippen molar-refractivity contribution >= 4 is 0 Å². The number of nitrogens with zero attached hydrogens (tertiary/aromatic N) is 2. The van der Waals surface area contributed by atoms with E-state index in [0.717, 1.165) is 19.4 Å². The second-order valence-corrected chi connectivity index (χ2v) is 4.79. The molecule has 1 aromatic heterocycles. The van der Waals surface area contributed by atoms with Crippen LogP contribution in [-0.2, 0) is 11.3 Å². The van der Waals surface area contributed by atoms with Crippen LogP contribution in [0.15, 0.2) is 12.5 Å². The summed E-state index contributed by atoms with van der Waals surface area (Å²) in [6.07, 6.45) is 6.57. The van der Waals surface area contributed by atoms with Crippen LogP contribution in [0.5, 0.6) is 0 Å². The molecule has 1 aliphatic rings. The maximum atomic E-state index is 5.26. The minimum absolute atomic E-state index is 0.465. The molecule has 1 N–H and O–H groups in total. The standard InChI is InChI=1S/C12H21N3O/c1-9(2)15-8-13-6-11(15)7-14-10-4-12(5-10)16-3/h6,8-10,12,14H,4-5,7H2,1-3H3. The third-order valence-electron chi connectivity index (χ3n) is 3.30. The van der Waals surface area contributed by atoms with Gasteiger partial charge >= 0.3 is 0 Å². The van der Waals surface area contributed by atoms with E-state index in [1.54, 1.807) is 7.11 Å². The molecule has 0 saturated heterocycles. The molecule has 4 heteroatoms. The minimum Gasteiger partial charge on any atom is -0.381 e. The van der Waals surface area contributed by atoms with Crippen molar-refractivity contribution in [1.82, 2.24) is 14.9 Å². The number of rotatable bonds is 5. The lowest BCUT2D eigenvalue weighted by atomic mass is 9.89. The molecule has 0 unspecified atom stereocenters. The maximum absolute atomic E-state index is 5.26. The van der Waals surface area contributed by atoms with Crippen molar-refractivity contribution < 1.29 is 4.74 Å². The highest BCUT2D eigenvalue weighted by Gasteiger charge is 2.28. The van der Waals surface area contributed by atoms with E-state index in [4.69, 9.17) is 4.74 Å². The van der Waals surface area contributed by atoms with Crippen LogP contribution in [-0.4, -0.2) is 28.8 Å². The Balaban J connectivity index is 1.79. The minimum atomic E-state index is 0.465. The second kappa shape index (κ2) is 4.97. The first-order valence-electron chi connectivity index (χ1n) is 5.97. The van der Waals surface area contributed by atoms with Crippen LogP contribution < -0.4 is 5.32 Å². The van der Waals surface area contributed by atoms with Crippen molar-refractivity contribution in [3.05, 3.63) is 18.2 Å². The van der Waals surface area contributed by atoms with Crippen molar-refractivity contribution in [3.8, 4) is 0 Å². The summed E-state index contributed by atoms with van der Waals surface area (Å²) in [5, 5.41) is 3.54. The van der Waals surface area contributed by atoms with E-state index in [9.17, 15) is 0 Å². The maximum Gasteiger partial charge on any atom is 0.0951 e. The highest BCUT2D eigenvalue weighted by Crippen LogP contribution is 2.22. The van der Waals surface area contributed by atoms with Crippen LogP contribution in [0.3, 0.4) is 0 Å². The third-order valence-corrected chi connectivity index (χ3v) is 3.30. The molecule has 0 aromatic carbocycles. The van der Waals surface area contributed by atoms with Crippen molar-refractivity contribution in [1.29, 1.82) is 0 Å². The van der Waals surface area contributed by atoms with Crippen LogP contribution in [0.4, 0.5) is 0 Å². The zero-order valence-electron chi connectivity index (χ0n) is 10.3. The molecule has 0 amide bonds. The molecule has 4 nitrogen and oxygen atoms in total. The molecule has 0 spiro atoms. The summed E-state index contributed by atoms with van der Waals surface area (Å²) in [5.41, 5.74) is 1.26. The Morgan fingerprint density at radius 1 is 1.56 bits per heavy atom. The fourth-order valence-electron chi connectivity index (χ4n) is 2.11. The zero-order valence-corrected chi connectivity index (χ0v) is 10.3. The SMILES string of the molecule is COC1CC(NCc2cncn2C(C)C)C1. The Kier molecular flexibility index (Phi) is 3.61. The Labute approximate surface area is 97.0 Å². The van der Waals surface area contributed by atoms with Gasteiger partial charge in [0.15, 0.2) is 0 Å². The van der Waals surface area contributed by atoms with Crippen LogP contribution in [0, 0.1) is 0 Å². The lowest BCUT2D eigenvalue weighted by Crippen LogP contribution is -2.44. The number of aromatic nitrogens is 2. The van der Waals surface area contributed by atoms with Crippen molar-refractivity contribution in [2.24, 2.45) is 0 Å². The first-order valence-corrected chi connectivity index (χ1v) is 5.97.